The van der Waals surface area contributed by atoms with Gasteiger partial charge in [-0.2, -0.15) is 0 Å². The lowest BCUT2D eigenvalue weighted by atomic mass is 9.79. The molecule has 1 aliphatic carbocycles. The highest BCUT2D eigenvalue weighted by Crippen LogP contribution is 2.36. The van der Waals surface area contributed by atoms with Gasteiger partial charge in [0.1, 0.15) is 0 Å². The smallest absolute Gasteiger partial charge is 0.0563 e. The fourth-order valence-corrected chi connectivity index (χ4v) is 4.50. The highest BCUT2D eigenvalue weighted by molar-refractivity contribution is 7.85. The maximum absolute atomic E-state index is 12.7. The Kier molecular flexibility index (Phi) is 4.39. The van der Waals surface area contributed by atoms with Crippen molar-refractivity contribution in [3.8, 4) is 0 Å². The molecule has 2 rings (SSSR count). The van der Waals surface area contributed by atoms with E-state index in [1.165, 1.54) is 18.4 Å². The normalized spacial score (nSPS) is 29.8. The summed E-state index contributed by atoms with van der Waals surface area (Å²) < 4.78 is 12.7. The van der Waals surface area contributed by atoms with Crippen molar-refractivity contribution in [1.29, 1.82) is 0 Å². The third-order valence-corrected chi connectivity index (χ3v) is 6.01. The SMILES string of the molecule is C=C(C)[C@@H]1CCC(C)[C@@H](S(=O)c2ccccc2)C1. The number of rotatable bonds is 3. The minimum absolute atomic E-state index is 0.280. The Labute approximate surface area is 113 Å². The molecule has 1 aliphatic rings. The summed E-state index contributed by atoms with van der Waals surface area (Å²) in [4.78, 5) is 0.969. The standard InChI is InChI=1S/C16H22OS/c1-12(2)14-10-9-13(3)16(11-14)18(17)15-7-5-4-6-8-15/h4-8,13-14,16H,1,9-11H2,2-3H3/t13?,14-,16+,18?/m1/s1. The maximum Gasteiger partial charge on any atom is 0.0563 e. The van der Waals surface area contributed by atoms with Gasteiger partial charge < -0.3 is 0 Å². The molecule has 0 N–H and O–H groups in total. The molecule has 1 aromatic rings. The van der Waals surface area contributed by atoms with Gasteiger partial charge in [0.05, 0.1) is 10.8 Å². The molecule has 1 saturated carbocycles. The zero-order valence-corrected chi connectivity index (χ0v) is 12.1. The summed E-state index contributed by atoms with van der Waals surface area (Å²) in [6.45, 7) is 8.41. The molecular weight excluding hydrogens is 240 g/mol. The topological polar surface area (TPSA) is 17.1 Å². The van der Waals surface area contributed by atoms with Crippen molar-refractivity contribution in [1.82, 2.24) is 0 Å². The van der Waals surface area contributed by atoms with Crippen molar-refractivity contribution in [2.75, 3.05) is 0 Å². The van der Waals surface area contributed by atoms with Crippen LogP contribution in [-0.4, -0.2) is 9.46 Å². The van der Waals surface area contributed by atoms with Crippen LogP contribution in [0.25, 0.3) is 0 Å². The Balaban J connectivity index is 2.15. The summed E-state index contributed by atoms with van der Waals surface area (Å²) in [5, 5.41) is 0.280. The van der Waals surface area contributed by atoms with Crippen LogP contribution in [-0.2, 0) is 10.8 Å². The predicted molar refractivity (Wildman–Crippen MR) is 78.0 cm³/mol. The van der Waals surface area contributed by atoms with E-state index in [2.05, 4.69) is 20.4 Å². The fourth-order valence-electron chi connectivity index (χ4n) is 2.76. The van der Waals surface area contributed by atoms with Crippen LogP contribution in [0.2, 0.25) is 0 Å². The van der Waals surface area contributed by atoms with Crippen molar-refractivity contribution in [2.24, 2.45) is 11.8 Å². The molecule has 1 aromatic carbocycles. The summed E-state index contributed by atoms with van der Waals surface area (Å²) >= 11 is 0. The molecule has 0 bridgehead atoms. The Morgan fingerprint density at radius 2 is 1.94 bits per heavy atom. The van der Waals surface area contributed by atoms with Crippen LogP contribution in [0.1, 0.15) is 33.1 Å². The molecule has 0 radical (unpaired) electrons. The zero-order valence-electron chi connectivity index (χ0n) is 11.3. The zero-order chi connectivity index (χ0) is 13.1. The minimum Gasteiger partial charge on any atom is -0.254 e. The number of hydrogen-bond donors (Lipinski definition) is 0. The first kappa shape index (κ1) is 13.5. The molecule has 98 valence electrons. The van der Waals surface area contributed by atoms with Gasteiger partial charge in [-0.05, 0) is 50.2 Å². The Bertz CT molecular complexity index is 438. The minimum atomic E-state index is -0.878. The van der Waals surface area contributed by atoms with E-state index >= 15 is 0 Å². The molecule has 0 amide bonds. The second-order valence-corrected chi connectivity index (χ2v) is 7.15. The van der Waals surface area contributed by atoms with Gasteiger partial charge in [-0.1, -0.05) is 37.3 Å². The predicted octanol–water partition coefficient (Wildman–Crippen LogP) is 4.18. The Morgan fingerprint density at radius 1 is 1.28 bits per heavy atom. The van der Waals surface area contributed by atoms with Gasteiger partial charge in [-0.3, -0.25) is 4.21 Å². The molecule has 4 atom stereocenters. The first-order valence-corrected chi connectivity index (χ1v) is 7.92. The van der Waals surface area contributed by atoms with Gasteiger partial charge in [0.15, 0.2) is 0 Å². The molecule has 1 nitrogen and oxygen atoms in total. The molecule has 2 heteroatoms. The van der Waals surface area contributed by atoms with Crippen molar-refractivity contribution in [3.63, 3.8) is 0 Å². The van der Waals surface area contributed by atoms with Crippen LogP contribution in [0.15, 0.2) is 47.4 Å². The van der Waals surface area contributed by atoms with Crippen molar-refractivity contribution in [3.05, 3.63) is 42.5 Å². The largest absolute Gasteiger partial charge is 0.254 e. The Morgan fingerprint density at radius 3 is 2.56 bits per heavy atom. The van der Waals surface area contributed by atoms with Gasteiger partial charge in [-0.25, -0.2) is 0 Å². The van der Waals surface area contributed by atoms with Crippen LogP contribution >= 0.6 is 0 Å². The van der Waals surface area contributed by atoms with Crippen molar-refractivity contribution in [2.45, 2.75) is 43.3 Å². The third kappa shape index (κ3) is 2.92. The maximum atomic E-state index is 12.7. The summed E-state index contributed by atoms with van der Waals surface area (Å²) in [6, 6.07) is 9.87. The van der Waals surface area contributed by atoms with E-state index in [0.29, 0.717) is 11.8 Å². The van der Waals surface area contributed by atoms with Gasteiger partial charge >= 0.3 is 0 Å². The van der Waals surface area contributed by atoms with Crippen LogP contribution < -0.4 is 0 Å². The molecule has 2 unspecified atom stereocenters. The number of allylic oxidation sites excluding steroid dienone is 1. The third-order valence-electron chi connectivity index (χ3n) is 4.07. The monoisotopic (exact) mass is 262 g/mol. The van der Waals surface area contributed by atoms with E-state index in [1.54, 1.807) is 0 Å². The van der Waals surface area contributed by atoms with Crippen LogP contribution in [0, 0.1) is 11.8 Å². The van der Waals surface area contributed by atoms with E-state index in [0.717, 1.165) is 11.3 Å². The van der Waals surface area contributed by atoms with Crippen LogP contribution in [0.3, 0.4) is 0 Å². The molecule has 0 saturated heterocycles. The first-order chi connectivity index (χ1) is 8.59. The highest BCUT2D eigenvalue weighted by Gasteiger charge is 2.32. The van der Waals surface area contributed by atoms with E-state index in [9.17, 15) is 4.21 Å². The van der Waals surface area contributed by atoms with E-state index in [4.69, 9.17) is 0 Å². The lowest BCUT2D eigenvalue weighted by Crippen LogP contribution is -2.31. The lowest BCUT2D eigenvalue weighted by molar-refractivity contribution is 0.326. The van der Waals surface area contributed by atoms with Crippen molar-refractivity contribution < 1.29 is 4.21 Å². The van der Waals surface area contributed by atoms with Gasteiger partial charge in [-0.15, -0.1) is 0 Å². The Hall–Kier alpha value is -0.890. The summed E-state index contributed by atoms with van der Waals surface area (Å²) in [7, 11) is -0.878. The van der Waals surface area contributed by atoms with Crippen molar-refractivity contribution >= 4 is 10.8 Å². The summed E-state index contributed by atoms with van der Waals surface area (Å²) in [5.41, 5.74) is 1.25. The first-order valence-electron chi connectivity index (χ1n) is 6.70. The quantitative estimate of drug-likeness (QED) is 0.747. The highest BCUT2D eigenvalue weighted by atomic mass is 32.2. The van der Waals surface area contributed by atoms with Crippen LogP contribution in [0.5, 0.6) is 0 Å². The van der Waals surface area contributed by atoms with E-state index in [-0.39, 0.29) is 5.25 Å². The van der Waals surface area contributed by atoms with Gasteiger partial charge in [0.2, 0.25) is 0 Å². The van der Waals surface area contributed by atoms with Crippen LogP contribution in [0.4, 0.5) is 0 Å². The number of benzene rings is 1. The summed E-state index contributed by atoms with van der Waals surface area (Å²) in [5.74, 6) is 1.10. The molecule has 0 spiro atoms. The molecule has 0 heterocycles. The van der Waals surface area contributed by atoms with E-state index < -0.39 is 10.8 Å². The van der Waals surface area contributed by atoms with E-state index in [1.807, 2.05) is 30.3 Å². The number of hydrogen-bond acceptors (Lipinski definition) is 1. The second kappa shape index (κ2) is 5.83. The molecule has 18 heavy (non-hydrogen) atoms. The van der Waals surface area contributed by atoms with Gasteiger partial charge in [0.25, 0.3) is 0 Å². The second-order valence-electron chi connectivity index (χ2n) is 5.48. The average Bonchev–Trinajstić information content (AvgIpc) is 2.39. The molecule has 1 fully saturated rings. The summed E-state index contributed by atoms with van der Waals surface area (Å²) in [6.07, 6.45) is 3.40. The molecule has 0 aliphatic heterocycles. The molecular formula is C16H22OS. The molecule has 0 aromatic heterocycles. The average molecular weight is 262 g/mol. The lowest BCUT2D eigenvalue weighted by Gasteiger charge is -2.34. The van der Waals surface area contributed by atoms with Gasteiger partial charge in [0, 0.05) is 10.1 Å². The fraction of sp³-hybridized carbons (Fsp3) is 0.500.